The smallest absolute Gasteiger partial charge is 0.240 e. The minimum absolute atomic E-state index is 0.0701. The predicted octanol–water partition coefficient (Wildman–Crippen LogP) is 5.85. The lowest BCUT2D eigenvalue weighted by Gasteiger charge is -2.37. The Morgan fingerprint density at radius 2 is 1.81 bits per heavy atom. The van der Waals surface area contributed by atoms with Crippen LogP contribution in [0.4, 0.5) is 5.69 Å². The molecule has 0 radical (unpaired) electrons. The number of rotatable bonds is 5. The van der Waals surface area contributed by atoms with Crippen LogP contribution in [0.1, 0.15) is 61.6 Å². The van der Waals surface area contributed by atoms with Crippen LogP contribution in [0.15, 0.2) is 64.4 Å². The van der Waals surface area contributed by atoms with Gasteiger partial charge in [0.25, 0.3) is 0 Å². The van der Waals surface area contributed by atoms with Crippen molar-refractivity contribution in [2.24, 2.45) is 5.92 Å². The van der Waals surface area contributed by atoms with Crippen molar-refractivity contribution in [2.45, 2.75) is 66.3 Å². The molecule has 0 aromatic heterocycles. The first-order valence-electron chi connectivity index (χ1n) is 11.3. The molecule has 1 saturated carbocycles. The van der Waals surface area contributed by atoms with Crippen LogP contribution in [0.25, 0.3) is 0 Å². The lowest BCUT2D eigenvalue weighted by atomic mass is 9.77. The van der Waals surface area contributed by atoms with Crippen molar-refractivity contribution in [1.29, 1.82) is 0 Å². The van der Waals surface area contributed by atoms with E-state index in [2.05, 4.69) is 52.7 Å². The summed E-state index contributed by atoms with van der Waals surface area (Å²) in [6, 6.07) is 14.7. The van der Waals surface area contributed by atoms with Gasteiger partial charge < -0.3 is 5.32 Å². The molecule has 2 aliphatic carbocycles. The number of allylic oxidation sites excluding steroid dienone is 2. The summed E-state index contributed by atoms with van der Waals surface area (Å²) in [5.41, 5.74) is 3.43. The minimum atomic E-state index is -3.50. The van der Waals surface area contributed by atoms with Gasteiger partial charge in [-0.15, -0.1) is 11.8 Å². The lowest BCUT2D eigenvalue weighted by Crippen LogP contribution is -2.36. The van der Waals surface area contributed by atoms with Crippen LogP contribution < -0.4 is 10.0 Å². The quantitative estimate of drug-likeness (QED) is 0.440. The van der Waals surface area contributed by atoms with Crippen molar-refractivity contribution < 1.29 is 8.42 Å². The molecule has 2 aromatic carbocycles. The fourth-order valence-electron chi connectivity index (χ4n) is 5.39. The van der Waals surface area contributed by atoms with Gasteiger partial charge in [0.05, 0.1) is 10.9 Å². The van der Waals surface area contributed by atoms with E-state index < -0.39 is 10.0 Å². The molecule has 2 aromatic rings. The summed E-state index contributed by atoms with van der Waals surface area (Å²) in [7, 11) is -3.50. The van der Waals surface area contributed by atoms with Gasteiger partial charge in [-0.25, -0.2) is 13.1 Å². The van der Waals surface area contributed by atoms with E-state index in [0.717, 1.165) is 43.4 Å². The number of benzene rings is 2. The zero-order chi connectivity index (χ0) is 21.4. The first kappa shape index (κ1) is 21.1. The Labute approximate surface area is 190 Å². The van der Waals surface area contributed by atoms with Crippen molar-refractivity contribution in [3.05, 3.63) is 65.7 Å². The van der Waals surface area contributed by atoms with E-state index in [9.17, 15) is 8.42 Å². The minimum Gasteiger partial charge on any atom is -0.378 e. The highest BCUT2D eigenvalue weighted by atomic mass is 32.2. The van der Waals surface area contributed by atoms with E-state index in [4.69, 9.17) is 0 Å². The lowest BCUT2D eigenvalue weighted by molar-refractivity contribution is 0.411. The maximum absolute atomic E-state index is 13.1. The van der Waals surface area contributed by atoms with Crippen LogP contribution in [0.3, 0.4) is 0 Å². The Morgan fingerprint density at radius 1 is 1.03 bits per heavy atom. The highest BCUT2D eigenvalue weighted by Crippen LogP contribution is 2.50. The van der Waals surface area contributed by atoms with Crippen molar-refractivity contribution in [3.8, 4) is 0 Å². The molecule has 1 fully saturated rings. The average molecular weight is 455 g/mol. The first-order chi connectivity index (χ1) is 15.0. The summed E-state index contributed by atoms with van der Waals surface area (Å²) < 4.78 is 29.1. The van der Waals surface area contributed by atoms with Crippen LogP contribution in [-0.2, 0) is 10.0 Å². The fraction of sp³-hybridized carbons (Fsp3) is 0.440. The van der Waals surface area contributed by atoms with E-state index in [-0.39, 0.29) is 18.0 Å². The zero-order valence-electron chi connectivity index (χ0n) is 17.9. The molecule has 4 nitrogen and oxygen atoms in total. The number of thioether (sulfide) groups is 1. The van der Waals surface area contributed by atoms with E-state index in [0.29, 0.717) is 10.8 Å². The highest BCUT2D eigenvalue weighted by molar-refractivity contribution is 7.98. The molecule has 6 heteroatoms. The van der Waals surface area contributed by atoms with Crippen LogP contribution in [0, 0.1) is 5.92 Å². The van der Waals surface area contributed by atoms with Crippen LogP contribution in [-0.4, -0.2) is 20.7 Å². The predicted molar refractivity (Wildman–Crippen MR) is 128 cm³/mol. The fourth-order valence-corrected chi connectivity index (χ4v) is 7.14. The van der Waals surface area contributed by atoms with Gasteiger partial charge in [-0.3, -0.25) is 0 Å². The van der Waals surface area contributed by atoms with Crippen molar-refractivity contribution >= 4 is 27.5 Å². The van der Waals surface area contributed by atoms with Gasteiger partial charge >= 0.3 is 0 Å². The summed E-state index contributed by atoms with van der Waals surface area (Å²) >= 11 is 1.75. The van der Waals surface area contributed by atoms with Crippen molar-refractivity contribution in [2.75, 3.05) is 11.6 Å². The second-order valence-electron chi connectivity index (χ2n) is 8.95. The zero-order valence-corrected chi connectivity index (χ0v) is 19.5. The summed E-state index contributed by atoms with van der Waals surface area (Å²) in [4.78, 5) is 1.65. The molecule has 0 amide bonds. The second-order valence-corrected chi connectivity index (χ2v) is 11.5. The highest BCUT2D eigenvalue weighted by Gasteiger charge is 2.38. The Morgan fingerprint density at radius 3 is 2.55 bits per heavy atom. The molecule has 0 spiro atoms. The molecular formula is C25H30N2O2S2. The Bertz CT molecular complexity index is 1070. The molecule has 0 bridgehead atoms. The van der Waals surface area contributed by atoms with Gasteiger partial charge in [0.1, 0.15) is 0 Å². The molecule has 3 aliphatic rings. The average Bonchev–Trinajstić information content (AvgIpc) is 3.29. The molecular weight excluding hydrogens is 424 g/mol. The summed E-state index contributed by atoms with van der Waals surface area (Å²) in [5.74, 6) is 0.642. The Hall–Kier alpha value is -1.76. The molecule has 2 N–H and O–H groups in total. The van der Waals surface area contributed by atoms with Gasteiger partial charge in [0.15, 0.2) is 0 Å². The van der Waals surface area contributed by atoms with Crippen LogP contribution >= 0.6 is 11.8 Å². The molecule has 1 aliphatic heterocycles. The van der Waals surface area contributed by atoms with E-state index in [1.807, 2.05) is 12.1 Å². The van der Waals surface area contributed by atoms with Gasteiger partial charge in [-0.1, -0.05) is 43.5 Å². The molecule has 3 atom stereocenters. The Balaban J connectivity index is 1.43. The second kappa shape index (κ2) is 8.64. The third kappa shape index (κ3) is 4.18. The summed E-state index contributed by atoms with van der Waals surface area (Å²) in [6.45, 7) is 0. The monoisotopic (exact) mass is 454 g/mol. The SMILES string of the molecule is CSc1ccc(C2Nc3ccc(S(=O)(=O)NC4CCCCC4)cc3C3C=CCC32)cc1. The van der Waals surface area contributed by atoms with Gasteiger partial charge in [0.2, 0.25) is 10.0 Å². The van der Waals surface area contributed by atoms with Gasteiger partial charge in [-0.05, 0) is 72.9 Å². The number of hydrogen-bond acceptors (Lipinski definition) is 4. The van der Waals surface area contributed by atoms with Crippen LogP contribution in [0.5, 0.6) is 0 Å². The topological polar surface area (TPSA) is 58.2 Å². The molecule has 3 unspecified atom stereocenters. The third-order valence-electron chi connectivity index (χ3n) is 7.05. The summed E-state index contributed by atoms with van der Waals surface area (Å²) in [6.07, 6.45) is 12.9. The van der Waals surface area contributed by atoms with Gasteiger partial charge in [0, 0.05) is 22.5 Å². The number of hydrogen-bond donors (Lipinski definition) is 2. The standard InChI is InChI=1S/C25H30N2O2S2/c1-30-19-12-10-17(11-13-19)25-22-9-5-8-21(22)23-16-20(14-15-24(23)26-25)31(28,29)27-18-6-3-2-4-7-18/h5,8,10-16,18,21-22,25-27H,2-4,6-7,9H2,1H3. The van der Waals surface area contributed by atoms with Gasteiger partial charge in [-0.2, -0.15) is 0 Å². The molecule has 31 heavy (non-hydrogen) atoms. The number of sulfonamides is 1. The first-order valence-corrected chi connectivity index (χ1v) is 14.0. The Kier molecular flexibility index (Phi) is 5.88. The number of nitrogens with one attached hydrogen (secondary N) is 2. The molecule has 1 heterocycles. The summed E-state index contributed by atoms with van der Waals surface area (Å²) in [5, 5.41) is 3.72. The number of fused-ring (bicyclic) bond motifs is 3. The third-order valence-corrected chi connectivity index (χ3v) is 9.31. The van der Waals surface area contributed by atoms with E-state index >= 15 is 0 Å². The molecule has 5 rings (SSSR count). The number of anilines is 1. The normalized spacial score (nSPS) is 25.6. The maximum Gasteiger partial charge on any atom is 0.240 e. The van der Waals surface area contributed by atoms with Crippen molar-refractivity contribution in [1.82, 2.24) is 4.72 Å². The van der Waals surface area contributed by atoms with Crippen molar-refractivity contribution in [3.63, 3.8) is 0 Å². The van der Waals surface area contributed by atoms with E-state index in [1.54, 1.807) is 17.8 Å². The van der Waals surface area contributed by atoms with E-state index in [1.165, 1.54) is 16.9 Å². The molecule has 0 saturated heterocycles. The largest absolute Gasteiger partial charge is 0.378 e. The molecule has 164 valence electrons. The van der Waals surface area contributed by atoms with Crippen LogP contribution in [0.2, 0.25) is 0 Å². The maximum atomic E-state index is 13.1.